The maximum atomic E-state index is 12.2. The second kappa shape index (κ2) is 8.68. The molecule has 0 bridgehead atoms. The largest absolute Gasteiger partial charge is 0.496 e. The maximum absolute atomic E-state index is 12.2. The van der Waals surface area contributed by atoms with Crippen molar-refractivity contribution in [2.75, 3.05) is 19.0 Å². The standard InChI is InChI=1S/C21H22N2O3S/c1-4-15-6-5-7-16(11-15)26-12-20(24)23-21-22-18(13-27-21)17-10-14(2)8-9-19(17)25-3/h5-11,13H,4,12H2,1-3H3,(H,22,23,24). The van der Waals surface area contributed by atoms with E-state index in [0.29, 0.717) is 10.9 Å². The number of carbonyl (C=O) groups excluding carboxylic acids is 1. The highest BCUT2D eigenvalue weighted by atomic mass is 32.1. The zero-order valence-electron chi connectivity index (χ0n) is 15.6. The third kappa shape index (κ3) is 4.86. The number of nitrogens with zero attached hydrogens (tertiary/aromatic N) is 1. The van der Waals surface area contributed by atoms with Crippen molar-refractivity contribution in [3.8, 4) is 22.8 Å². The van der Waals surface area contributed by atoms with Gasteiger partial charge in [-0.2, -0.15) is 0 Å². The van der Waals surface area contributed by atoms with Crippen molar-refractivity contribution in [3.05, 3.63) is 59.0 Å². The van der Waals surface area contributed by atoms with Gasteiger partial charge in [0.1, 0.15) is 11.5 Å². The van der Waals surface area contributed by atoms with E-state index in [-0.39, 0.29) is 12.5 Å². The summed E-state index contributed by atoms with van der Waals surface area (Å²) in [5.74, 6) is 1.20. The molecular weight excluding hydrogens is 360 g/mol. The smallest absolute Gasteiger partial charge is 0.264 e. The SMILES string of the molecule is CCc1cccc(OCC(=O)Nc2nc(-c3cc(C)ccc3OC)cs2)c1. The van der Waals surface area contributed by atoms with Crippen LogP contribution in [0.5, 0.6) is 11.5 Å². The molecule has 0 radical (unpaired) electrons. The zero-order valence-corrected chi connectivity index (χ0v) is 16.4. The fourth-order valence-corrected chi connectivity index (χ4v) is 3.36. The first kappa shape index (κ1) is 18.9. The van der Waals surface area contributed by atoms with Gasteiger partial charge in [-0.1, -0.05) is 30.7 Å². The molecule has 1 heterocycles. The van der Waals surface area contributed by atoms with Gasteiger partial charge in [-0.05, 0) is 43.2 Å². The molecule has 5 nitrogen and oxygen atoms in total. The summed E-state index contributed by atoms with van der Waals surface area (Å²) in [6, 6.07) is 13.7. The Labute approximate surface area is 163 Å². The van der Waals surface area contributed by atoms with Gasteiger partial charge in [-0.3, -0.25) is 10.1 Å². The van der Waals surface area contributed by atoms with Crippen molar-refractivity contribution in [1.29, 1.82) is 0 Å². The summed E-state index contributed by atoms with van der Waals surface area (Å²) in [6.45, 7) is 4.04. The number of benzene rings is 2. The van der Waals surface area contributed by atoms with Gasteiger partial charge in [0.25, 0.3) is 5.91 Å². The number of ether oxygens (including phenoxy) is 2. The normalized spacial score (nSPS) is 10.5. The average molecular weight is 382 g/mol. The zero-order chi connectivity index (χ0) is 19.2. The van der Waals surface area contributed by atoms with Crippen molar-refractivity contribution in [3.63, 3.8) is 0 Å². The molecule has 0 aliphatic heterocycles. The molecule has 0 aliphatic carbocycles. The molecule has 3 rings (SSSR count). The molecule has 27 heavy (non-hydrogen) atoms. The molecule has 0 aliphatic rings. The number of amides is 1. The molecule has 0 saturated carbocycles. The van der Waals surface area contributed by atoms with E-state index in [2.05, 4.69) is 17.2 Å². The predicted octanol–water partition coefficient (Wildman–Crippen LogP) is 4.71. The van der Waals surface area contributed by atoms with Crippen LogP contribution in [0.1, 0.15) is 18.1 Å². The molecule has 1 N–H and O–H groups in total. The monoisotopic (exact) mass is 382 g/mol. The highest BCUT2D eigenvalue weighted by molar-refractivity contribution is 7.14. The van der Waals surface area contributed by atoms with Gasteiger partial charge in [0.2, 0.25) is 0 Å². The van der Waals surface area contributed by atoms with E-state index in [1.807, 2.05) is 54.8 Å². The molecule has 0 unspecified atom stereocenters. The van der Waals surface area contributed by atoms with Gasteiger partial charge in [-0.25, -0.2) is 4.98 Å². The third-order valence-electron chi connectivity index (χ3n) is 4.06. The first-order chi connectivity index (χ1) is 13.1. The van der Waals surface area contributed by atoms with Gasteiger partial charge in [-0.15, -0.1) is 11.3 Å². The van der Waals surface area contributed by atoms with Gasteiger partial charge < -0.3 is 9.47 Å². The lowest BCUT2D eigenvalue weighted by Gasteiger charge is -2.08. The first-order valence-electron chi connectivity index (χ1n) is 8.71. The second-order valence-corrected chi connectivity index (χ2v) is 6.94. The van der Waals surface area contributed by atoms with E-state index in [1.54, 1.807) is 7.11 Å². The minimum atomic E-state index is -0.242. The van der Waals surface area contributed by atoms with E-state index < -0.39 is 0 Å². The van der Waals surface area contributed by atoms with Crippen LogP contribution in [0, 0.1) is 6.92 Å². The average Bonchev–Trinajstić information content (AvgIpc) is 3.14. The van der Waals surface area contributed by atoms with Crippen LogP contribution in [0.25, 0.3) is 11.3 Å². The molecule has 0 saturated heterocycles. The van der Waals surface area contributed by atoms with Crippen LogP contribution in [-0.2, 0) is 11.2 Å². The molecule has 2 aromatic carbocycles. The van der Waals surface area contributed by atoms with Crippen molar-refractivity contribution < 1.29 is 14.3 Å². The first-order valence-corrected chi connectivity index (χ1v) is 9.59. The summed E-state index contributed by atoms with van der Waals surface area (Å²) < 4.78 is 11.0. The van der Waals surface area contributed by atoms with Gasteiger partial charge in [0.15, 0.2) is 11.7 Å². The summed E-state index contributed by atoms with van der Waals surface area (Å²) in [6.07, 6.45) is 0.924. The molecule has 0 atom stereocenters. The third-order valence-corrected chi connectivity index (χ3v) is 4.82. The Morgan fingerprint density at radius 3 is 2.85 bits per heavy atom. The van der Waals surface area contributed by atoms with Crippen LogP contribution in [0.2, 0.25) is 0 Å². The van der Waals surface area contributed by atoms with Crippen LogP contribution in [-0.4, -0.2) is 24.6 Å². The number of hydrogen-bond acceptors (Lipinski definition) is 5. The minimum Gasteiger partial charge on any atom is -0.496 e. The number of aryl methyl sites for hydroxylation is 2. The molecule has 0 fully saturated rings. The van der Waals surface area contributed by atoms with Crippen LogP contribution < -0.4 is 14.8 Å². The second-order valence-electron chi connectivity index (χ2n) is 6.08. The van der Waals surface area contributed by atoms with E-state index >= 15 is 0 Å². The fourth-order valence-electron chi connectivity index (χ4n) is 2.64. The van der Waals surface area contributed by atoms with Crippen molar-refractivity contribution in [2.45, 2.75) is 20.3 Å². The summed E-state index contributed by atoms with van der Waals surface area (Å²) in [5.41, 5.74) is 3.96. The molecule has 140 valence electrons. The number of nitrogens with one attached hydrogen (secondary N) is 1. The number of thiazole rings is 1. The number of rotatable bonds is 7. The summed E-state index contributed by atoms with van der Waals surface area (Å²) >= 11 is 1.37. The Kier molecular flexibility index (Phi) is 6.08. The summed E-state index contributed by atoms with van der Waals surface area (Å²) in [5, 5.41) is 5.22. The maximum Gasteiger partial charge on any atom is 0.264 e. The lowest BCUT2D eigenvalue weighted by molar-refractivity contribution is -0.118. The van der Waals surface area contributed by atoms with Crippen LogP contribution >= 0.6 is 11.3 Å². The number of aromatic nitrogens is 1. The molecule has 6 heteroatoms. The van der Waals surface area contributed by atoms with Crippen molar-refractivity contribution in [2.24, 2.45) is 0 Å². The van der Waals surface area contributed by atoms with E-state index in [0.717, 1.165) is 29.0 Å². The lowest BCUT2D eigenvalue weighted by atomic mass is 10.1. The molecule has 0 spiro atoms. The quantitative estimate of drug-likeness (QED) is 0.643. The topological polar surface area (TPSA) is 60.5 Å². The molecule has 3 aromatic rings. The number of carbonyl (C=O) groups is 1. The van der Waals surface area contributed by atoms with E-state index in [9.17, 15) is 4.79 Å². The van der Waals surface area contributed by atoms with Gasteiger partial charge >= 0.3 is 0 Å². The molecule has 1 amide bonds. The Bertz CT molecular complexity index is 937. The summed E-state index contributed by atoms with van der Waals surface area (Å²) in [4.78, 5) is 16.7. The van der Waals surface area contributed by atoms with Gasteiger partial charge in [0.05, 0.1) is 12.8 Å². The Morgan fingerprint density at radius 1 is 1.22 bits per heavy atom. The van der Waals surface area contributed by atoms with Crippen LogP contribution in [0.3, 0.4) is 0 Å². The van der Waals surface area contributed by atoms with E-state index in [4.69, 9.17) is 9.47 Å². The fraction of sp³-hybridized carbons (Fsp3) is 0.238. The number of methoxy groups -OCH3 is 1. The lowest BCUT2D eigenvalue weighted by Crippen LogP contribution is -2.20. The van der Waals surface area contributed by atoms with Crippen LogP contribution in [0.4, 0.5) is 5.13 Å². The Hall–Kier alpha value is -2.86. The Balaban J connectivity index is 1.63. The number of hydrogen-bond donors (Lipinski definition) is 1. The summed E-state index contributed by atoms with van der Waals surface area (Å²) in [7, 11) is 1.63. The number of anilines is 1. The van der Waals surface area contributed by atoms with Crippen molar-refractivity contribution >= 4 is 22.4 Å². The van der Waals surface area contributed by atoms with Crippen molar-refractivity contribution in [1.82, 2.24) is 4.98 Å². The molecular formula is C21H22N2O3S. The molecule has 1 aromatic heterocycles. The van der Waals surface area contributed by atoms with E-state index in [1.165, 1.54) is 16.9 Å². The van der Waals surface area contributed by atoms with Gasteiger partial charge in [0, 0.05) is 10.9 Å². The highest BCUT2D eigenvalue weighted by Gasteiger charge is 2.12. The highest BCUT2D eigenvalue weighted by Crippen LogP contribution is 2.32. The van der Waals surface area contributed by atoms with Crippen LogP contribution in [0.15, 0.2) is 47.8 Å². The predicted molar refractivity (Wildman–Crippen MR) is 109 cm³/mol. The minimum absolute atomic E-state index is 0.0597. The Morgan fingerprint density at radius 2 is 2.07 bits per heavy atom.